The molecular formula is C24H30N2O5. The van der Waals surface area contributed by atoms with E-state index in [9.17, 15) is 14.7 Å². The van der Waals surface area contributed by atoms with Gasteiger partial charge in [0, 0.05) is 6.54 Å². The van der Waals surface area contributed by atoms with Gasteiger partial charge in [-0.05, 0) is 23.5 Å². The molecule has 1 aliphatic rings. The fourth-order valence-electron chi connectivity index (χ4n) is 3.63. The summed E-state index contributed by atoms with van der Waals surface area (Å²) < 4.78 is 10.7. The molecule has 0 radical (unpaired) electrons. The topological polar surface area (TPSA) is 88.1 Å². The number of hydrogen-bond donors (Lipinski definition) is 2. The molecule has 2 amide bonds. The molecule has 166 valence electrons. The maximum Gasteiger partial charge on any atom is 0.408 e. The van der Waals surface area contributed by atoms with Crippen LogP contribution < -0.4 is 5.32 Å². The smallest absolute Gasteiger partial charge is 0.408 e. The molecule has 2 aromatic carbocycles. The van der Waals surface area contributed by atoms with Gasteiger partial charge in [0.25, 0.3) is 0 Å². The van der Waals surface area contributed by atoms with Gasteiger partial charge in [0.1, 0.15) is 12.6 Å². The Kier molecular flexibility index (Phi) is 8.03. The summed E-state index contributed by atoms with van der Waals surface area (Å²) in [7, 11) is 0. The number of ether oxygens (including phenoxy) is 2. The van der Waals surface area contributed by atoms with Crippen LogP contribution in [-0.4, -0.2) is 53.5 Å². The molecule has 0 spiro atoms. The lowest BCUT2D eigenvalue weighted by atomic mass is 9.98. The lowest BCUT2D eigenvalue weighted by molar-refractivity contribution is -0.189. The first-order valence-electron chi connectivity index (χ1n) is 10.6. The van der Waals surface area contributed by atoms with E-state index in [0.717, 1.165) is 11.1 Å². The van der Waals surface area contributed by atoms with E-state index in [0.29, 0.717) is 13.0 Å². The molecule has 0 aromatic heterocycles. The van der Waals surface area contributed by atoms with Crippen molar-refractivity contribution in [1.29, 1.82) is 0 Å². The summed E-state index contributed by atoms with van der Waals surface area (Å²) in [5.41, 5.74) is 1.86. The van der Waals surface area contributed by atoms with Crippen LogP contribution in [0.2, 0.25) is 0 Å². The summed E-state index contributed by atoms with van der Waals surface area (Å²) in [6.45, 7) is 4.43. The van der Waals surface area contributed by atoms with Crippen molar-refractivity contribution in [2.45, 2.75) is 45.2 Å². The van der Waals surface area contributed by atoms with Gasteiger partial charge >= 0.3 is 6.09 Å². The van der Waals surface area contributed by atoms with Crippen LogP contribution >= 0.6 is 0 Å². The number of carbonyl (C=O) groups is 2. The summed E-state index contributed by atoms with van der Waals surface area (Å²) in [4.78, 5) is 27.4. The predicted octanol–water partition coefficient (Wildman–Crippen LogP) is 2.73. The Morgan fingerprint density at radius 1 is 1.10 bits per heavy atom. The molecule has 1 heterocycles. The molecule has 2 N–H and O–H groups in total. The summed E-state index contributed by atoms with van der Waals surface area (Å²) in [5.74, 6) is -0.413. The maximum atomic E-state index is 13.4. The summed E-state index contributed by atoms with van der Waals surface area (Å²) in [6, 6.07) is 17.7. The minimum atomic E-state index is -1.09. The second kappa shape index (κ2) is 10.9. The van der Waals surface area contributed by atoms with Crippen LogP contribution in [0.25, 0.3) is 0 Å². The van der Waals surface area contributed by atoms with Crippen LogP contribution in [0.1, 0.15) is 25.0 Å². The van der Waals surface area contributed by atoms with Crippen LogP contribution in [0.5, 0.6) is 0 Å². The van der Waals surface area contributed by atoms with E-state index in [2.05, 4.69) is 5.32 Å². The van der Waals surface area contributed by atoms with Crippen molar-refractivity contribution < 1.29 is 24.2 Å². The summed E-state index contributed by atoms with van der Waals surface area (Å²) in [5, 5.41) is 13.1. The number of nitrogens with one attached hydrogen (secondary N) is 1. The quantitative estimate of drug-likeness (QED) is 0.711. The lowest BCUT2D eigenvalue weighted by Crippen LogP contribution is -2.60. The fraction of sp³-hybridized carbons (Fsp3) is 0.417. The molecule has 0 bridgehead atoms. The summed E-state index contributed by atoms with van der Waals surface area (Å²) in [6.07, 6.45) is -1.28. The average Bonchev–Trinajstić information content (AvgIpc) is 2.78. The highest BCUT2D eigenvalue weighted by Gasteiger charge is 2.38. The Bertz CT molecular complexity index is 844. The van der Waals surface area contributed by atoms with Crippen LogP contribution in [0.15, 0.2) is 60.7 Å². The highest BCUT2D eigenvalue weighted by molar-refractivity contribution is 5.86. The van der Waals surface area contributed by atoms with E-state index in [-0.39, 0.29) is 25.0 Å². The second-order valence-corrected chi connectivity index (χ2v) is 7.98. The van der Waals surface area contributed by atoms with Crippen molar-refractivity contribution in [2.24, 2.45) is 5.92 Å². The molecule has 1 saturated heterocycles. The molecule has 2 aromatic rings. The largest absolute Gasteiger partial charge is 0.445 e. The number of morpholine rings is 1. The third-order valence-electron chi connectivity index (χ3n) is 5.34. The molecule has 7 heteroatoms. The van der Waals surface area contributed by atoms with Gasteiger partial charge in [0.05, 0.1) is 12.6 Å². The molecule has 1 aliphatic heterocycles. The molecule has 0 unspecified atom stereocenters. The standard InChI is InChI=1S/C24H30N2O5/c1-17(2)21(25-24(29)31-16-19-11-7-4-8-12-19)22(27)26-13-14-30-23(28)20(26)15-18-9-5-3-6-10-18/h3-12,17,20-21,23,28H,13-16H2,1-2H3,(H,25,29)/t20-,21-,23+/m0/s1. The lowest BCUT2D eigenvalue weighted by Gasteiger charge is -2.41. The van der Waals surface area contributed by atoms with Gasteiger partial charge in [0.2, 0.25) is 5.91 Å². The maximum absolute atomic E-state index is 13.4. The first kappa shape index (κ1) is 22.8. The number of carbonyl (C=O) groups excluding carboxylic acids is 2. The number of aliphatic hydroxyl groups is 1. The van der Waals surface area contributed by atoms with Crippen LogP contribution in [0.4, 0.5) is 4.79 Å². The van der Waals surface area contributed by atoms with Crippen molar-refractivity contribution >= 4 is 12.0 Å². The van der Waals surface area contributed by atoms with Gasteiger partial charge in [-0.3, -0.25) is 4.79 Å². The molecule has 0 aliphatic carbocycles. The number of amides is 2. The number of aliphatic hydroxyl groups excluding tert-OH is 1. The van der Waals surface area contributed by atoms with Gasteiger partial charge in [-0.25, -0.2) is 4.79 Å². The van der Waals surface area contributed by atoms with Crippen molar-refractivity contribution in [2.75, 3.05) is 13.2 Å². The normalized spacial score (nSPS) is 19.7. The molecule has 1 fully saturated rings. The van der Waals surface area contributed by atoms with Crippen LogP contribution in [-0.2, 0) is 27.3 Å². The Hall–Kier alpha value is -2.90. The molecule has 3 rings (SSSR count). The summed E-state index contributed by atoms with van der Waals surface area (Å²) >= 11 is 0. The van der Waals surface area contributed by atoms with Crippen molar-refractivity contribution in [3.05, 3.63) is 71.8 Å². The third kappa shape index (κ3) is 6.29. The van der Waals surface area contributed by atoms with Crippen LogP contribution in [0, 0.1) is 5.92 Å². The average molecular weight is 427 g/mol. The fourth-order valence-corrected chi connectivity index (χ4v) is 3.63. The van der Waals surface area contributed by atoms with Crippen molar-refractivity contribution in [3.63, 3.8) is 0 Å². The Morgan fingerprint density at radius 2 is 1.71 bits per heavy atom. The van der Waals surface area contributed by atoms with Crippen molar-refractivity contribution in [1.82, 2.24) is 10.2 Å². The van der Waals surface area contributed by atoms with E-state index >= 15 is 0 Å². The monoisotopic (exact) mass is 426 g/mol. The Morgan fingerprint density at radius 3 is 2.32 bits per heavy atom. The zero-order valence-electron chi connectivity index (χ0n) is 17.9. The number of nitrogens with zero attached hydrogens (tertiary/aromatic N) is 1. The third-order valence-corrected chi connectivity index (χ3v) is 5.34. The first-order chi connectivity index (χ1) is 15.0. The molecular weight excluding hydrogens is 396 g/mol. The molecule has 31 heavy (non-hydrogen) atoms. The highest BCUT2D eigenvalue weighted by atomic mass is 16.6. The van der Waals surface area contributed by atoms with E-state index in [1.54, 1.807) is 4.90 Å². The second-order valence-electron chi connectivity index (χ2n) is 7.98. The van der Waals surface area contributed by atoms with E-state index in [1.165, 1.54) is 0 Å². The minimum Gasteiger partial charge on any atom is -0.445 e. The Balaban J connectivity index is 1.67. The number of benzene rings is 2. The molecule has 7 nitrogen and oxygen atoms in total. The van der Waals surface area contributed by atoms with E-state index in [4.69, 9.17) is 9.47 Å². The first-order valence-corrected chi connectivity index (χ1v) is 10.6. The van der Waals surface area contributed by atoms with Gasteiger partial charge in [0.15, 0.2) is 6.29 Å². The van der Waals surface area contributed by atoms with E-state index in [1.807, 2.05) is 74.5 Å². The Labute approximate surface area is 183 Å². The number of alkyl carbamates (subject to hydrolysis) is 1. The van der Waals surface area contributed by atoms with Gasteiger partial charge in [-0.1, -0.05) is 74.5 Å². The molecule has 3 atom stereocenters. The SMILES string of the molecule is CC(C)[C@H](NC(=O)OCc1ccccc1)C(=O)N1CCO[C@@H](O)[C@@H]1Cc1ccccc1. The van der Waals surface area contributed by atoms with Gasteiger partial charge < -0.3 is 24.8 Å². The van der Waals surface area contributed by atoms with Crippen LogP contribution in [0.3, 0.4) is 0 Å². The number of hydrogen-bond acceptors (Lipinski definition) is 5. The predicted molar refractivity (Wildman–Crippen MR) is 116 cm³/mol. The zero-order valence-corrected chi connectivity index (χ0v) is 17.9. The van der Waals surface area contributed by atoms with Gasteiger partial charge in [-0.15, -0.1) is 0 Å². The van der Waals surface area contributed by atoms with Gasteiger partial charge in [-0.2, -0.15) is 0 Å². The molecule has 0 saturated carbocycles. The number of rotatable bonds is 7. The van der Waals surface area contributed by atoms with E-state index < -0.39 is 24.5 Å². The van der Waals surface area contributed by atoms with Crippen molar-refractivity contribution in [3.8, 4) is 0 Å². The highest BCUT2D eigenvalue weighted by Crippen LogP contribution is 2.20. The zero-order chi connectivity index (χ0) is 22.2. The minimum absolute atomic E-state index is 0.124.